The average molecular weight is 405 g/mol. The second-order valence-electron chi connectivity index (χ2n) is 7.24. The van der Waals surface area contributed by atoms with E-state index in [1.54, 1.807) is 11.0 Å². The Labute approximate surface area is 177 Å². The maximum absolute atomic E-state index is 13.1. The van der Waals surface area contributed by atoms with Crippen molar-refractivity contribution in [3.05, 3.63) is 89.7 Å². The van der Waals surface area contributed by atoms with Crippen molar-refractivity contribution in [2.24, 2.45) is 0 Å². The lowest BCUT2D eigenvalue weighted by atomic mass is 9.93. The van der Waals surface area contributed by atoms with Crippen LogP contribution in [-0.4, -0.2) is 34.8 Å². The van der Waals surface area contributed by atoms with Crippen LogP contribution >= 0.6 is 0 Å². The number of aliphatic hydroxyl groups is 1. The summed E-state index contributed by atoms with van der Waals surface area (Å²) in [5.74, 6) is -0.532. The summed E-state index contributed by atoms with van der Waals surface area (Å²) in [5, 5.41) is 10.6. The molecular formula is C25H27NO4. The molecule has 1 aliphatic rings. The van der Waals surface area contributed by atoms with Gasteiger partial charge in [0.25, 0.3) is 5.91 Å². The molecule has 3 rings (SSSR count). The molecule has 1 N–H and O–H groups in total. The number of amides is 1. The first-order valence-electron chi connectivity index (χ1n) is 10.2. The highest BCUT2D eigenvalue weighted by Gasteiger charge is 2.42. The number of Topliss-reactive ketones (excluding diaryl/α,β-unsaturated/α-hetero) is 1. The van der Waals surface area contributed by atoms with Crippen LogP contribution in [0, 0.1) is 0 Å². The van der Waals surface area contributed by atoms with Gasteiger partial charge >= 0.3 is 0 Å². The van der Waals surface area contributed by atoms with Crippen LogP contribution in [0.3, 0.4) is 0 Å². The number of hydrogen-bond acceptors (Lipinski definition) is 4. The number of rotatable bonds is 10. The van der Waals surface area contributed by atoms with Gasteiger partial charge in [-0.15, -0.1) is 0 Å². The van der Waals surface area contributed by atoms with E-state index in [9.17, 15) is 14.7 Å². The highest BCUT2D eigenvalue weighted by molar-refractivity contribution is 6.09. The zero-order chi connectivity index (χ0) is 21.5. The summed E-state index contributed by atoms with van der Waals surface area (Å²) in [6, 6.07) is 16.4. The SMILES string of the molecule is C=CCOc1cccc(C2C(C(=O)CCc3ccccc3)=C(O)C(=O)N2CCC)c1. The van der Waals surface area contributed by atoms with Gasteiger partial charge in [-0.1, -0.05) is 62.0 Å². The standard InChI is InChI=1S/C25H27NO4/c1-3-15-26-23(19-11-8-12-20(17-19)30-16-4-2)22(24(28)25(26)29)21(27)14-13-18-9-6-5-7-10-18/h4-12,17,23,28H,2-3,13-16H2,1H3. The highest BCUT2D eigenvalue weighted by atomic mass is 16.5. The summed E-state index contributed by atoms with van der Waals surface area (Å²) in [6.45, 7) is 6.41. The third-order valence-electron chi connectivity index (χ3n) is 5.09. The van der Waals surface area contributed by atoms with E-state index in [0.29, 0.717) is 31.7 Å². The van der Waals surface area contributed by atoms with Gasteiger partial charge in [0, 0.05) is 13.0 Å². The minimum Gasteiger partial charge on any atom is -0.503 e. The van der Waals surface area contributed by atoms with Crippen LogP contribution in [0.1, 0.15) is 36.9 Å². The normalized spacial score (nSPS) is 16.1. The van der Waals surface area contributed by atoms with Crippen molar-refractivity contribution in [2.75, 3.05) is 13.2 Å². The first-order chi connectivity index (χ1) is 14.6. The average Bonchev–Trinajstić information content (AvgIpc) is 3.02. The van der Waals surface area contributed by atoms with Crippen molar-refractivity contribution in [2.45, 2.75) is 32.2 Å². The number of ketones is 1. The molecule has 0 bridgehead atoms. The molecule has 1 unspecified atom stereocenters. The molecule has 0 saturated carbocycles. The number of hydrogen-bond donors (Lipinski definition) is 1. The largest absolute Gasteiger partial charge is 0.503 e. The second-order valence-corrected chi connectivity index (χ2v) is 7.24. The van der Waals surface area contributed by atoms with Crippen LogP contribution in [-0.2, 0) is 16.0 Å². The number of ether oxygens (including phenoxy) is 1. The third kappa shape index (κ3) is 4.62. The molecule has 156 valence electrons. The first kappa shape index (κ1) is 21.4. The van der Waals surface area contributed by atoms with Gasteiger partial charge in [0.1, 0.15) is 12.4 Å². The summed E-state index contributed by atoms with van der Waals surface area (Å²) in [7, 11) is 0. The molecule has 30 heavy (non-hydrogen) atoms. The fraction of sp³-hybridized carbons (Fsp3) is 0.280. The molecule has 0 aromatic heterocycles. The summed E-state index contributed by atoms with van der Waals surface area (Å²) in [4.78, 5) is 27.4. The summed E-state index contributed by atoms with van der Waals surface area (Å²) in [6.07, 6.45) is 3.14. The maximum atomic E-state index is 13.1. The van der Waals surface area contributed by atoms with E-state index in [1.807, 2.05) is 61.5 Å². The molecule has 0 spiro atoms. The number of aliphatic hydroxyl groups excluding tert-OH is 1. The van der Waals surface area contributed by atoms with Crippen molar-refractivity contribution >= 4 is 11.7 Å². The van der Waals surface area contributed by atoms with E-state index in [4.69, 9.17) is 4.74 Å². The van der Waals surface area contributed by atoms with Gasteiger partial charge in [0.05, 0.1) is 11.6 Å². The Morgan fingerprint density at radius 3 is 2.67 bits per heavy atom. The van der Waals surface area contributed by atoms with Crippen LogP contribution in [0.15, 0.2) is 78.6 Å². The van der Waals surface area contributed by atoms with Crippen LogP contribution in [0.25, 0.3) is 0 Å². The molecule has 1 atom stereocenters. The Balaban J connectivity index is 1.91. The molecule has 2 aromatic rings. The summed E-state index contributed by atoms with van der Waals surface area (Å²) < 4.78 is 5.62. The quantitative estimate of drug-likeness (QED) is 0.589. The Hall–Kier alpha value is -3.34. The van der Waals surface area contributed by atoms with Crippen molar-refractivity contribution in [3.8, 4) is 5.75 Å². The fourth-order valence-electron chi connectivity index (χ4n) is 3.72. The van der Waals surface area contributed by atoms with E-state index < -0.39 is 17.7 Å². The maximum Gasteiger partial charge on any atom is 0.290 e. The van der Waals surface area contributed by atoms with Crippen LogP contribution in [0.4, 0.5) is 0 Å². The van der Waals surface area contributed by atoms with Gasteiger partial charge in [-0.25, -0.2) is 0 Å². The van der Waals surface area contributed by atoms with E-state index in [2.05, 4.69) is 6.58 Å². The molecule has 1 aliphatic heterocycles. The second kappa shape index (κ2) is 9.92. The van der Waals surface area contributed by atoms with Crippen molar-refractivity contribution in [1.82, 2.24) is 4.90 Å². The molecule has 1 amide bonds. The van der Waals surface area contributed by atoms with Crippen LogP contribution < -0.4 is 4.74 Å². The molecule has 0 fully saturated rings. The lowest BCUT2D eigenvalue weighted by molar-refractivity contribution is -0.129. The number of carbonyl (C=O) groups excluding carboxylic acids is 2. The Bertz CT molecular complexity index is 949. The minimum atomic E-state index is -0.618. The highest BCUT2D eigenvalue weighted by Crippen LogP contribution is 2.39. The monoisotopic (exact) mass is 405 g/mol. The number of benzene rings is 2. The summed E-state index contributed by atoms with van der Waals surface area (Å²) >= 11 is 0. The molecule has 5 heteroatoms. The third-order valence-corrected chi connectivity index (χ3v) is 5.09. The smallest absolute Gasteiger partial charge is 0.290 e. The van der Waals surface area contributed by atoms with E-state index in [-0.39, 0.29) is 17.8 Å². The first-order valence-corrected chi connectivity index (χ1v) is 10.2. The Kier molecular flexibility index (Phi) is 7.07. The van der Waals surface area contributed by atoms with Gasteiger partial charge in [0.15, 0.2) is 11.5 Å². The van der Waals surface area contributed by atoms with Gasteiger partial charge in [-0.3, -0.25) is 9.59 Å². The fourth-order valence-corrected chi connectivity index (χ4v) is 3.72. The molecule has 5 nitrogen and oxygen atoms in total. The van der Waals surface area contributed by atoms with Crippen molar-refractivity contribution in [1.29, 1.82) is 0 Å². The lowest BCUT2D eigenvalue weighted by Gasteiger charge is -2.26. The molecule has 0 saturated heterocycles. The number of carbonyl (C=O) groups is 2. The Morgan fingerprint density at radius 1 is 1.20 bits per heavy atom. The van der Waals surface area contributed by atoms with E-state index in [0.717, 1.165) is 11.1 Å². The Morgan fingerprint density at radius 2 is 1.97 bits per heavy atom. The zero-order valence-electron chi connectivity index (χ0n) is 17.2. The van der Waals surface area contributed by atoms with Crippen LogP contribution in [0.2, 0.25) is 0 Å². The summed E-state index contributed by atoms with van der Waals surface area (Å²) in [5.41, 5.74) is 1.95. The molecule has 0 aliphatic carbocycles. The predicted molar refractivity (Wildman–Crippen MR) is 116 cm³/mol. The van der Waals surface area contributed by atoms with Gasteiger partial charge in [0.2, 0.25) is 0 Å². The van der Waals surface area contributed by atoms with Gasteiger partial charge in [-0.05, 0) is 36.1 Å². The van der Waals surface area contributed by atoms with Gasteiger partial charge in [-0.2, -0.15) is 0 Å². The lowest BCUT2D eigenvalue weighted by Crippen LogP contribution is -2.31. The minimum absolute atomic E-state index is 0.172. The number of aryl methyl sites for hydroxylation is 1. The molecule has 2 aromatic carbocycles. The van der Waals surface area contributed by atoms with E-state index in [1.165, 1.54) is 0 Å². The molecule has 1 heterocycles. The molecule has 0 radical (unpaired) electrons. The number of nitrogens with zero attached hydrogens (tertiary/aromatic N) is 1. The predicted octanol–water partition coefficient (Wildman–Crippen LogP) is 4.56. The molecular weight excluding hydrogens is 378 g/mol. The topological polar surface area (TPSA) is 66.8 Å². The van der Waals surface area contributed by atoms with Crippen molar-refractivity contribution < 1.29 is 19.4 Å². The van der Waals surface area contributed by atoms with Gasteiger partial charge < -0.3 is 14.7 Å². The van der Waals surface area contributed by atoms with Crippen molar-refractivity contribution in [3.63, 3.8) is 0 Å². The van der Waals surface area contributed by atoms with E-state index >= 15 is 0 Å². The zero-order valence-corrected chi connectivity index (χ0v) is 17.2. The van der Waals surface area contributed by atoms with Crippen LogP contribution in [0.5, 0.6) is 5.75 Å².